The van der Waals surface area contributed by atoms with Crippen LogP contribution < -0.4 is 9.64 Å². The third-order valence-corrected chi connectivity index (χ3v) is 4.59. The van der Waals surface area contributed by atoms with E-state index in [2.05, 4.69) is 21.9 Å². The predicted molar refractivity (Wildman–Crippen MR) is 98.3 cm³/mol. The van der Waals surface area contributed by atoms with Gasteiger partial charge in [-0.05, 0) is 42.0 Å². The molecule has 2 aromatic rings. The summed E-state index contributed by atoms with van der Waals surface area (Å²) in [6.07, 6.45) is 0. The fourth-order valence-corrected chi connectivity index (χ4v) is 3.08. The maximum Gasteiger partial charge on any atom is 0.337 e. The number of piperazine rings is 1. The Bertz CT molecular complexity index is 690. The van der Waals surface area contributed by atoms with E-state index in [4.69, 9.17) is 9.47 Å². The molecule has 25 heavy (non-hydrogen) atoms. The molecule has 1 fully saturated rings. The maximum atomic E-state index is 11.5. The minimum atomic E-state index is -0.292. The first kappa shape index (κ1) is 17.3. The molecule has 0 radical (unpaired) electrons. The highest BCUT2D eigenvalue weighted by molar-refractivity contribution is 5.89. The van der Waals surface area contributed by atoms with Gasteiger partial charge in [-0.1, -0.05) is 12.1 Å². The number of hydrogen-bond acceptors (Lipinski definition) is 5. The van der Waals surface area contributed by atoms with Crippen molar-refractivity contribution in [2.75, 3.05) is 45.3 Å². The molecule has 0 N–H and O–H groups in total. The standard InChI is InChI=1S/C20H24N2O3/c1-24-19-9-7-18(8-10-19)22-13-11-21(12-14-22)15-16-3-5-17(6-4-16)20(23)25-2/h3-10H,11-15H2,1-2H3. The van der Waals surface area contributed by atoms with Crippen molar-refractivity contribution in [3.8, 4) is 5.75 Å². The third kappa shape index (κ3) is 4.31. The Morgan fingerprint density at radius 3 is 2.12 bits per heavy atom. The fraction of sp³-hybridized carbons (Fsp3) is 0.350. The highest BCUT2D eigenvalue weighted by Crippen LogP contribution is 2.21. The molecule has 0 aliphatic carbocycles. The maximum absolute atomic E-state index is 11.5. The first-order valence-electron chi connectivity index (χ1n) is 8.48. The highest BCUT2D eigenvalue weighted by Gasteiger charge is 2.17. The van der Waals surface area contributed by atoms with Crippen molar-refractivity contribution in [3.05, 3.63) is 59.7 Å². The van der Waals surface area contributed by atoms with E-state index in [1.54, 1.807) is 7.11 Å². The zero-order chi connectivity index (χ0) is 17.6. The van der Waals surface area contributed by atoms with Gasteiger partial charge in [0.2, 0.25) is 0 Å². The number of hydrogen-bond donors (Lipinski definition) is 0. The number of benzene rings is 2. The second-order valence-corrected chi connectivity index (χ2v) is 6.15. The molecule has 1 heterocycles. The molecule has 0 bridgehead atoms. The van der Waals surface area contributed by atoms with Gasteiger partial charge in [0.1, 0.15) is 5.75 Å². The second-order valence-electron chi connectivity index (χ2n) is 6.15. The number of esters is 1. The molecule has 5 nitrogen and oxygen atoms in total. The van der Waals surface area contributed by atoms with E-state index in [1.807, 2.05) is 36.4 Å². The molecule has 1 aliphatic rings. The van der Waals surface area contributed by atoms with Crippen LogP contribution in [0.1, 0.15) is 15.9 Å². The number of carbonyl (C=O) groups is 1. The van der Waals surface area contributed by atoms with E-state index in [9.17, 15) is 4.79 Å². The largest absolute Gasteiger partial charge is 0.497 e. The van der Waals surface area contributed by atoms with Crippen LogP contribution in [-0.2, 0) is 11.3 Å². The van der Waals surface area contributed by atoms with Crippen molar-refractivity contribution in [2.45, 2.75) is 6.54 Å². The topological polar surface area (TPSA) is 42.0 Å². The summed E-state index contributed by atoms with van der Waals surface area (Å²) >= 11 is 0. The Balaban J connectivity index is 1.52. The molecule has 0 spiro atoms. The summed E-state index contributed by atoms with van der Waals surface area (Å²) in [6, 6.07) is 15.9. The van der Waals surface area contributed by atoms with Crippen molar-refractivity contribution in [1.82, 2.24) is 4.90 Å². The van der Waals surface area contributed by atoms with Crippen LogP contribution in [0, 0.1) is 0 Å². The molecule has 132 valence electrons. The Kier molecular flexibility index (Phi) is 5.56. The summed E-state index contributed by atoms with van der Waals surface area (Å²) < 4.78 is 9.95. The van der Waals surface area contributed by atoms with Crippen molar-refractivity contribution < 1.29 is 14.3 Å². The Morgan fingerprint density at radius 1 is 0.920 bits per heavy atom. The van der Waals surface area contributed by atoms with Crippen LogP contribution in [0.15, 0.2) is 48.5 Å². The van der Waals surface area contributed by atoms with Gasteiger partial charge in [0.25, 0.3) is 0 Å². The lowest BCUT2D eigenvalue weighted by Crippen LogP contribution is -2.45. The monoisotopic (exact) mass is 340 g/mol. The molecule has 0 saturated carbocycles. The van der Waals surface area contributed by atoms with Gasteiger partial charge in [-0.25, -0.2) is 4.79 Å². The van der Waals surface area contributed by atoms with Gasteiger partial charge in [-0.3, -0.25) is 4.90 Å². The van der Waals surface area contributed by atoms with Crippen molar-refractivity contribution in [1.29, 1.82) is 0 Å². The molecule has 0 atom stereocenters. The smallest absolute Gasteiger partial charge is 0.337 e. The van der Waals surface area contributed by atoms with E-state index < -0.39 is 0 Å². The predicted octanol–water partition coefficient (Wildman–Crippen LogP) is 2.80. The molecule has 0 unspecified atom stereocenters. The lowest BCUT2D eigenvalue weighted by Gasteiger charge is -2.36. The molecule has 3 rings (SSSR count). The molecule has 0 amide bonds. The quantitative estimate of drug-likeness (QED) is 0.783. The zero-order valence-electron chi connectivity index (χ0n) is 14.8. The minimum Gasteiger partial charge on any atom is -0.497 e. The van der Waals surface area contributed by atoms with E-state index in [-0.39, 0.29) is 5.97 Å². The first-order valence-corrected chi connectivity index (χ1v) is 8.48. The zero-order valence-corrected chi connectivity index (χ0v) is 14.8. The van der Waals surface area contributed by atoms with Gasteiger partial charge in [-0.2, -0.15) is 0 Å². The lowest BCUT2D eigenvalue weighted by atomic mass is 10.1. The average molecular weight is 340 g/mol. The normalized spacial score (nSPS) is 15.0. The Morgan fingerprint density at radius 2 is 1.56 bits per heavy atom. The number of ether oxygens (including phenoxy) is 2. The van der Waals surface area contributed by atoms with Gasteiger partial charge >= 0.3 is 5.97 Å². The minimum absolute atomic E-state index is 0.292. The van der Waals surface area contributed by atoms with Gasteiger partial charge in [0.05, 0.1) is 19.8 Å². The van der Waals surface area contributed by atoms with Crippen LogP contribution in [0.4, 0.5) is 5.69 Å². The van der Waals surface area contributed by atoms with Crippen LogP contribution in [0.3, 0.4) is 0 Å². The SMILES string of the molecule is COC(=O)c1ccc(CN2CCN(c3ccc(OC)cc3)CC2)cc1. The molecular weight excluding hydrogens is 316 g/mol. The summed E-state index contributed by atoms with van der Waals surface area (Å²) in [5.41, 5.74) is 3.05. The van der Waals surface area contributed by atoms with Crippen LogP contribution in [0.25, 0.3) is 0 Å². The van der Waals surface area contributed by atoms with Gasteiger partial charge in [0.15, 0.2) is 0 Å². The lowest BCUT2D eigenvalue weighted by molar-refractivity contribution is 0.0600. The fourth-order valence-electron chi connectivity index (χ4n) is 3.08. The van der Waals surface area contributed by atoms with Crippen molar-refractivity contribution in [2.24, 2.45) is 0 Å². The number of methoxy groups -OCH3 is 2. The summed E-state index contributed by atoms with van der Waals surface area (Å²) in [4.78, 5) is 16.3. The first-order chi connectivity index (χ1) is 12.2. The number of carbonyl (C=O) groups excluding carboxylic acids is 1. The number of anilines is 1. The molecular formula is C20H24N2O3. The molecule has 1 saturated heterocycles. The summed E-state index contributed by atoms with van der Waals surface area (Å²) in [6.45, 7) is 4.95. The highest BCUT2D eigenvalue weighted by atomic mass is 16.5. The van der Waals surface area contributed by atoms with E-state index in [0.29, 0.717) is 5.56 Å². The third-order valence-electron chi connectivity index (χ3n) is 4.59. The van der Waals surface area contributed by atoms with E-state index >= 15 is 0 Å². The second kappa shape index (κ2) is 8.03. The van der Waals surface area contributed by atoms with Crippen LogP contribution in [0.5, 0.6) is 5.75 Å². The Labute approximate surface area is 148 Å². The number of nitrogens with zero attached hydrogens (tertiary/aromatic N) is 2. The molecule has 1 aliphatic heterocycles. The van der Waals surface area contributed by atoms with E-state index in [1.165, 1.54) is 18.4 Å². The van der Waals surface area contributed by atoms with Crippen molar-refractivity contribution in [3.63, 3.8) is 0 Å². The van der Waals surface area contributed by atoms with Crippen molar-refractivity contribution >= 4 is 11.7 Å². The molecule has 5 heteroatoms. The van der Waals surface area contributed by atoms with E-state index in [0.717, 1.165) is 38.5 Å². The average Bonchev–Trinajstić information content (AvgIpc) is 2.68. The molecule has 2 aromatic carbocycles. The number of rotatable bonds is 5. The summed E-state index contributed by atoms with van der Waals surface area (Å²) in [5.74, 6) is 0.595. The van der Waals surface area contributed by atoms with Crippen LogP contribution >= 0.6 is 0 Å². The Hall–Kier alpha value is -2.53. The van der Waals surface area contributed by atoms with Gasteiger partial charge in [0, 0.05) is 38.4 Å². The van der Waals surface area contributed by atoms with Crippen LogP contribution in [0.2, 0.25) is 0 Å². The summed E-state index contributed by atoms with van der Waals surface area (Å²) in [5, 5.41) is 0. The van der Waals surface area contributed by atoms with Gasteiger partial charge in [-0.15, -0.1) is 0 Å². The summed E-state index contributed by atoms with van der Waals surface area (Å²) in [7, 11) is 3.09. The van der Waals surface area contributed by atoms with Crippen LogP contribution in [-0.4, -0.2) is 51.3 Å². The van der Waals surface area contributed by atoms with Gasteiger partial charge < -0.3 is 14.4 Å². The molecule has 0 aromatic heterocycles.